The van der Waals surface area contributed by atoms with E-state index >= 15 is 0 Å². The van der Waals surface area contributed by atoms with Gasteiger partial charge in [0.15, 0.2) is 0 Å². The lowest BCUT2D eigenvalue weighted by Gasteiger charge is -2.09. The number of hydrogen-bond acceptors (Lipinski definition) is 4. The molecule has 1 rings (SSSR count). The Morgan fingerprint density at radius 2 is 1.83 bits per heavy atom. The molecular weight excluding hydrogens is 236 g/mol. The van der Waals surface area contributed by atoms with E-state index in [9.17, 15) is 9.59 Å². The van der Waals surface area contributed by atoms with Crippen LogP contribution in [-0.2, 0) is 16.1 Å². The molecule has 0 radical (unpaired) electrons. The van der Waals surface area contributed by atoms with Crippen LogP contribution in [0, 0.1) is 0 Å². The summed E-state index contributed by atoms with van der Waals surface area (Å²) in [6, 6.07) is 4.34. The highest BCUT2D eigenvalue weighted by molar-refractivity contribution is 5.94. The fourth-order valence-corrected chi connectivity index (χ4v) is 1.40. The van der Waals surface area contributed by atoms with E-state index in [4.69, 9.17) is 9.84 Å². The number of ether oxygens (including phenoxy) is 2. The predicted molar refractivity (Wildman–Crippen MR) is 64.7 cm³/mol. The first-order chi connectivity index (χ1) is 8.43. The van der Waals surface area contributed by atoms with Gasteiger partial charge >= 0.3 is 11.9 Å². The van der Waals surface area contributed by atoms with E-state index in [0.29, 0.717) is 5.56 Å². The number of aromatic carboxylic acids is 1. The highest BCUT2D eigenvalue weighted by Crippen LogP contribution is 2.13. The van der Waals surface area contributed by atoms with Crippen molar-refractivity contribution < 1.29 is 24.2 Å². The first-order valence-corrected chi connectivity index (χ1v) is 5.51. The highest BCUT2D eigenvalue weighted by Gasteiger charge is 2.12. The number of hydrogen-bond donors (Lipinski definition) is 1. The standard InChI is InChI=1S/C13H16O5/c1-8(2)18-7-9-4-10(12(14)15)6-11(5-9)13(16)17-3/h4-6,8H,7H2,1-3H3,(H,14,15). The van der Waals surface area contributed by atoms with Crippen molar-refractivity contribution in [1.82, 2.24) is 0 Å². The van der Waals surface area contributed by atoms with E-state index in [1.165, 1.54) is 19.2 Å². The molecule has 1 N–H and O–H groups in total. The zero-order valence-electron chi connectivity index (χ0n) is 10.6. The van der Waals surface area contributed by atoms with Crippen molar-refractivity contribution in [2.75, 3.05) is 7.11 Å². The summed E-state index contributed by atoms with van der Waals surface area (Å²) in [4.78, 5) is 22.4. The minimum absolute atomic E-state index is 0.0278. The molecule has 0 amide bonds. The molecule has 0 saturated heterocycles. The highest BCUT2D eigenvalue weighted by atomic mass is 16.5. The third-order valence-corrected chi connectivity index (χ3v) is 2.24. The molecule has 0 saturated carbocycles. The molecule has 5 heteroatoms. The zero-order chi connectivity index (χ0) is 13.7. The van der Waals surface area contributed by atoms with E-state index < -0.39 is 11.9 Å². The lowest BCUT2D eigenvalue weighted by atomic mass is 10.1. The Kier molecular flexibility index (Phi) is 4.85. The Labute approximate surface area is 105 Å². The van der Waals surface area contributed by atoms with Crippen LogP contribution in [0.5, 0.6) is 0 Å². The maximum atomic E-state index is 11.4. The number of carbonyl (C=O) groups is 2. The maximum Gasteiger partial charge on any atom is 0.337 e. The van der Waals surface area contributed by atoms with Crippen molar-refractivity contribution in [1.29, 1.82) is 0 Å². The average Bonchev–Trinajstić information content (AvgIpc) is 2.34. The molecule has 0 aliphatic carbocycles. The smallest absolute Gasteiger partial charge is 0.337 e. The largest absolute Gasteiger partial charge is 0.478 e. The summed E-state index contributed by atoms with van der Waals surface area (Å²) in [5.41, 5.74) is 0.879. The molecule has 0 atom stereocenters. The van der Waals surface area contributed by atoms with Crippen LogP contribution in [0.1, 0.15) is 40.1 Å². The van der Waals surface area contributed by atoms with Gasteiger partial charge in [-0.1, -0.05) is 0 Å². The van der Waals surface area contributed by atoms with Gasteiger partial charge in [0.25, 0.3) is 0 Å². The number of benzene rings is 1. The second-order valence-electron chi connectivity index (χ2n) is 4.08. The van der Waals surface area contributed by atoms with Crippen molar-refractivity contribution >= 4 is 11.9 Å². The topological polar surface area (TPSA) is 72.8 Å². The molecule has 0 unspecified atom stereocenters. The van der Waals surface area contributed by atoms with E-state index in [0.717, 1.165) is 0 Å². The van der Waals surface area contributed by atoms with Gasteiger partial charge in [-0.15, -0.1) is 0 Å². The quantitative estimate of drug-likeness (QED) is 0.812. The van der Waals surface area contributed by atoms with Crippen molar-refractivity contribution in [2.24, 2.45) is 0 Å². The third-order valence-electron chi connectivity index (χ3n) is 2.24. The Bertz CT molecular complexity index is 451. The van der Waals surface area contributed by atoms with Crippen LogP contribution in [0.15, 0.2) is 18.2 Å². The molecule has 0 heterocycles. The SMILES string of the molecule is COC(=O)c1cc(COC(C)C)cc(C(=O)O)c1. The lowest BCUT2D eigenvalue weighted by molar-refractivity contribution is 0.0597. The minimum Gasteiger partial charge on any atom is -0.478 e. The van der Waals surface area contributed by atoms with Gasteiger partial charge in [-0.2, -0.15) is 0 Å². The first-order valence-electron chi connectivity index (χ1n) is 5.51. The number of carbonyl (C=O) groups excluding carboxylic acids is 1. The van der Waals surface area contributed by atoms with Crippen LogP contribution in [0.4, 0.5) is 0 Å². The summed E-state index contributed by atoms with van der Waals surface area (Å²) >= 11 is 0. The van der Waals surface area contributed by atoms with Gasteiger partial charge in [-0.05, 0) is 37.6 Å². The van der Waals surface area contributed by atoms with E-state index in [1.54, 1.807) is 6.07 Å². The van der Waals surface area contributed by atoms with Gasteiger partial charge in [0.2, 0.25) is 0 Å². The van der Waals surface area contributed by atoms with Gasteiger partial charge in [0, 0.05) is 0 Å². The first kappa shape index (κ1) is 14.2. The average molecular weight is 252 g/mol. The Morgan fingerprint density at radius 3 is 2.33 bits per heavy atom. The van der Waals surface area contributed by atoms with Crippen molar-refractivity contribution in [3.63, 3.8) is 0 Å². The fourth-order valence-electron chi connectivity index (χ4n) is 1.40. The van der Waals surface area contributed by atoms with Crippen LogP contribution in [0.25, 0.3) is 0 Å². The van der Waals surface area contributed by atoms with Crippen LogP contribution in [0.3, 0.4) is 0 Å². The number of carboxylic acids is 1. The molecule has 18 heavy (non-hydrogen) atoms. The Balaban J connectivity index is 3.06. The fraction of sp³-hybridized carbons (Fsp3) is 0.385. The zero-order valence-corrected chi connectivity index (χ0v) is 10.6. The molecule has 0 bridgehead atoms. The monoisotopic (exact) mass is 252 g/mol. The second-order valence-corrected chi connectivity index (χ2v) is 4.08. The van der Waals surface area contributed by atoms with Crippen LogP contribution >= 0.6 is 0 Å². The summed E-state index contributed by atoms with van der Waals surface area (Å²) in [6.07, 6.45) is 0.0278. The van der Waals surface area contributed by atoms with Crippen molar-refractivity contribution in [3.05, 3.63) is 34.9 Å². The molecule has 1 aromatic rings. The number of carboxylic acid groups (broad SMARTS) is 1. The van der Waals surface area contributed by atoms with Crippen molar-refractivity contribution in [3.8, 4) is 0 Å². The number of rotatable bonds is 5. The summed E-state index contributed by atoms with van der Waals surface area (Å²) < 4.78 is 9.96. The summed E-state index contributed by atoms with van der Waals surface area (Å²) in [6.45, 7) is 4.01. The van der Waals surface area contributed by atoms with E-state index in [-0.39, 0.29) is 23.8 Å². The minimum atomic E-state index is -1.09. The van der Waals surface area contributed by atoms with Gasteiger partial charge in [0.05, 0.1) is 30.9 Å². The Morgan fingerprint density at radius 1 is 1.22 bits per heavy atom. The molecule has 0 aromatic heterocycles. The van der Waals surface area contributed by atoms with Crippen molar-refractivity contribution in [2.45, 2.75) is 26.6 Å². The summed E-state index contributed by atoms with van der Waals surface area (Å²) in [7, 11) is 1.25. The number of esters is 1. The number of methoxy groups -OCH3 is 1. The van der Waals surface area contributed by atoms with E-state index in [1.807, 2.05) is 13.8 Å². The van der Waals surface area contributed by atoms with Crippen LogP contribution < -0.4 is 0 Å². The third kappa shape index (κ3) is 3.85. The molecular formula is C13H16O5. The summed E-state index contributed by atoms with van der Waals surface area (Å²) in [5.74, 6) is -1.66. The van der Waals surface area contributed by atoms with Gasteiger partial charge in [0.1, 0.15) is 0 Å². The molecule has 0 aliphatic rings. The molecule has 98 valence electrons. The lowest BCUT2D eigenvalue weighted by Crippen LogP contribution is -2.08. The van der Waals surface area contributed by atoms with Crippen LogP contribution in [0.2, 0.25) is 0 Å². The van der Waals surface area contributed by atoms with E-state index in [2.05, 4.69) is 4.74 Å². The molecule has 0 aliphatic heterocycles. The van der Waals surface area contributed by atoms with Gasteiger partial charge in [-0.25, -0.2) is 9.59 Å². The maximum absolute atomic E-state index is 11.4. The normalized spacial score (nSPS) is 10.4. The summed E-state index contributed by atoms with van der Waals surface area (Å²) in [5, 5.41) is 8.97. The Hall–Kier alpha value is -1.88. The molecule has 5 nitrogen and oxygen atoms in total. The molecule has 0 spiro atoms. The van der Waals surface area contributed by atoms with Gasteiger partial charge in [-0.3, -0.25) is 0 Å². The van der Waals surface area contributed by atoms with Gasteiger partial charge < -0.3 is 14.6 Å². The predicted octanol–water partition coefficient (Wildman–Crippen LogP) is 2.10. The second kappa shape index (κ2) is 6.16. The molecule has 1 aromatic carbocycles. The van der Waals surface area contributed by atoms with Crippen LogP contribution in [-0.4, -0.2) is 30.3 Å². The molecule has 0 fully saturated rings.